The summed E-state index contributed by atoms with van der Waals surface area (Å²) in [5, 5.41) is 10.5. The van der Waals surface area contributed by atoms with Gasteiger partial charge in [0, 0.05) is 43.3 Å². The first kappa shape index (κ1) is 18.0. The SMILES string of the molecule is COCOc1ccc2c(c1OC)N=C(C=C(O)c1cccnc1)N1CCN=C21. The highest BCUT2D eigenvalue weighted by Gasteiger charge is 2.31. The number of fused-ring (bicyclic) bond motifs is 3. The lowest BCUT2D eigenvalue weighted by molar-refractivity contribution is 0.0492. The lowest BCUT2D eigenvalue weighted by Crippen LogP contribution is -2.36. The maximum absolute atomic E-state index is 10.5. The highest BCUT2D eigenvalue weighted by atomic mass is 16.7. The third-order valence-electron chi connectivity index (χ3n) is 4.44. The lowest BCUT2D eigenvalue weighted by atomic mass is 10.1. The van der Waals surface area contributed by atoms with E-state index in [1.165, 1.54) is 0 Å². The van der Waals surface area contributed by atoms with Gasteiger partial charge in [-0.05, 0) is 24.3 Å². The molecule has 2 aromatic rings. The number of hydrogen-bond acceptors (Lipinski definition) is 8. The predicted octanol–water partition coefficient (Wildman–Crippen LogP) is 2.78. The number of hydrogen-bond donors (Lipinski definition) is 1. The normalized spacial score (nSPS) is 15.5. The summed E-state index contributed by atoms with van der Waals surface area (Å²) in [5.74, 6) is 2.47. The topological polar surface area (TPSA) is 88.8 Å². The first-order valence-corrected chi connectivity index (χ1v) is 8.77. The molecule has 0 atom stereocenters. The molecule has 8 nitrogen and oxygen atoms in total. The number of aliphatic hydroxyl groups is 1. The van der Waals surface area contributed by atoms with E-state index in [9.17, 15) is 5.11 Å². The van der Waals surface area contributed by atoms with Crippen LogP contribution in [0.15, 0.2) is 52.7 Å². The Kier molecular flexibility index (Phi) is 4.94. The minimum Gasteiger partial charge on any atom is -0.507 e. The van der Waals surface area contributed by atoms with Gasteiger partial charge in [-0.25, -0.2) is 4.99 Å². The molecule has 0 amide bonds. The average Bonchev–Trinajstić information content (AvgIpc) is 3.23. The predicted molar refractivity (Wildman–Crippen MR) is 106 cm³/mol. The molecule has 0 radical (unpaired) electrons. The summed E-state index contributed by atoms with van der Waals surface area (Å²) in [5.41, 5.74) is 2.08. The molecule has 0 saturated heterocycles. The number of aliphatic hydroxyl groups excluding tert-OH is 1. The molecule has 3 heterocycles. The zero-order valence-corrected chi connectivity index (χ0v) is 15.6. The first-order valence-electron chi connectivity index (χ1n) is 8.77. The van der Waals surface area contributed by atoms with Gasteiger partial charge in [0.25, 0.3) is 0 Å². The molecule has 1 N–H and O–H groups in total. The van der Waals surface area contributed by atoms with E-state index in [1.807, 2.05) is 17.0 Å². The molecule has 0 saturated carbocycles. The van der Waals surface area contributed by atoms with Crippen LogP contribution in [0.5, 0.6) is 11.5 Å². The van der Waals surface area contributed by atoms with Crippen molar-refractivity contribution in [2.24, 2.45) is 9.98 Å². The van der Waals surface area contributed by atoms with Gasteiger partial charge in [0.15, 0.2) is 18.3 Å². The van der Waals surface area contributed by atoms with Crippen LogP contribution >= 0.6 is 0 Å². The summed E-state index contributed by atoms with van der Waals surface area (Å²) in [7, 11) is 3.12. The molecule has 0 spiro atoms. The van der Waals surface area contributed by atoms with Crippen LogP contribution in [0.1, 0.15) is 11.1 Å². The zero-order chi connectivity index (χ0) is 19.5. The molecule has 0 fully saturated rings. The Hall–Kier alpha value is -3.39. The van der Waals surface area contributed by atoms with Gasteiger partial charge in [-0.3, -0.25) is 9.98 Å². The van der Waals surface area contributed by atoms with Gasteiger partial charge in [-0.15, -0.1) is 0 Å². The standard InChI is InChI=1S/C20H20N4O4/c1-26-12-28-16-6-5-14-18(19(16)27-2)23-17(24-9-8-22-20(14)24)10-15(25)13-4-3-7-21-11-13/h3-7,10-11,25H,8-9,12H2,1-2H3. The minimum absolute atomic E-state index is 0.0762. The van der Waals surface area contributed by atoms with Crippen molar-refractivity contribution in [1.82, 2.24) is 9.88 Å². The molecule has 1 aromatic carbocycles. The smallest absolute Gasteiger partial charge is 0.188 e. The van der Waals surface area contributed by atoms with Crippen LogP contribution in [0, 0.1) is 0 Å². The summed E-state index contributed by atoms with van der Waals surface area (Å²) < 4.78 is 16.2. The van der Waals surface area contributed by atoms with Gasteiger partial charge in [0.2, 0.25) is 0 Å². The molecular formula is C20H20N4O4. The average molecular weight is 380 g/mol. The summed E-state index contributed by atoms with van der Waals surface area (Å²) in [4.78, 5) is 15.4. The number of rotatable bonds is 6. The number of nitrogens with zero attached hydrogens (tertiary/aromatic N) is 4. The van der Waals surface area contributed by atoms with Crippen LogP contribution < -0.4 is 9.47 Å². The fourth-order valence-corrected chi connectivity index (χ4v) is 3.18. The second-order valence-corrected chi connectivity index (χ2v) is 6.14. The van der Waals surface area contributed by atoms with Crippen LogP contribution in [0.2, 0.25) is 0 Å². The van der Waals surface area contributed by atoms with Crippen molar-refractivity contribution in [2.45, 2.75) is 0 Å². The van der Waals surface area contributed by atoms with Crippen LogP contribution in [0.3, 0.4) is 0 Å². The summed E-state index contributed by atoms with van der Waals surface area (Å²) in [6, 6.07) is 7.28. The maximum Gasteiger partial charge on any atom is 0.188 e. The Morgan fingerprint density at radius 1 is 1.29 bits per heavy atom. The van der Waals surface area contributed by atoms with Crippen LogP contribution in [-0.2, 0) is 4.74 Å². The molecule has 2 aliphatic heterocycles. The fourth-order valence-electron chi connectivity index (χ4n) is 3.18. The minimum atomic E-state index is 0.0762. The Labute approximate surface area is 162 Å². The molecular weight excluding hydrogens is 360 g/mol. The first-order chi connectivity index (χ1) is 13.7. The molecule has 2 aliphatic rings. The Morgan fingerprint density at radius 2 is 2.18 bits per heavy atom. The van der Waals surface area contributed by atoms with Crippen molar-refractivity contribution < 1.29 is 19.3 Å². The number of methoxy groups -OCH3 is 2. The maximum atomic E-state index is 10.5. The highest BCUT2D eigenvalue weighted by molar-refractivity contribution is 6.20. The van der Waals surface area contributed by atoms with Crippen molar-refractivity contribution >= 4 is 23.1 Å². The van der Waals surface area contributed by atoms with Gasteiger partial charge in [0.05, 0.1) is 13.7 Å². The second-order valence-electron chi connectivity index (χ2n) is 6.14. The van der Waals surface area contributed by atoms with Gasteiger partial charge in [-0.1, -0.05) is 0 Å². The molecule has 1 aromatic heterocycles. The van der Waals surface area contributed by atoms with Crippen LogP contribution in [-0.4, -0.2) is 60.8 Å². The fraction of sp³-hybridized carbons (Fsp3) is 0.250. The quantitative estimate of drug-likeness (QED) is 0.612. The van der Waals surface area contributed by atoms with Crippen molar-refractivity contribution in [1.29, 1.82) is 0 Å². The largest absolute Gasteiger partial charge is 0.507 e. The van der Waals surface area contributed by atoms with Gasteiger partial charge >= 0.3 is 0 Å². The van der Waals surface area contributed by atoms with Crippen LogP contribution in [0.4, 0.5) is 5.69 Å². The van der Waals surface area contributed by atoms with E-state index in [-0.39, 0.29) is 12.6 Å². The lowest BCUT2D eigenvalue weighted by Gasteiger charge is -2.27. The zero-order valence-electron chi connectivity index (χ0n) is 15.6. The third-order valence-corrected chi connectivity index (χ3v) is 4.44. The van der Waals surface area contributed by atoms with E-state index in [4.69, 9.17) is 19.2 Å². The van der Waals surface area contributed by atoms with E-state index >= 15 is 0 Å². The molecule has 144 valence electrons. The Morgan fingerprint density at radius 3 is 2.93 bits per heavy atom. The molecule has 28 heavy (non-hydrogen) atoms. The number of aliphatic imine (C=N–C) groups is 2. The second kappa shape index (κ2) is 7.69. The monoisotopic (exact) mass is 380 g/mol. The summed E-state index contributed by atoms with van der Waals surface area (Å²) >= 11 is 0. The molecule has 4 rings (SSSR count). The van der Waals surface area contributed by atoms with Gasteiger partial charge in [-0.2, -0.15) is 0 Å². The van der Waals surface area contributed by atoms with Gasteiger partial charge in [0.1, 0.15) is 23.1 Å². The summed E-state index contributed by atoms with van der Waals surface area (Å²) in [6.45, 7) is 1.44. The third kappa shape index (κ3) is 3.18. The van der Waals surface area contributed by atoms with Crippen molar-refractivity contribution in [2.75, 3.05) is 34.1 Å². The van der Waals surface area contributed by atoms with E-state index in [1.54, 1.807) is 44.8 Å². The van der Waals surface area contributed by atoms with E-state index < -0.39 is 0 Å². The Bertz CT molecular complexity index is 970. The summed E-state index contributed by atoms with van der Waals surface area (Å²) in [6.07, 6.45) is 4.87. The molecule has 8 heteroatoms. The number of pyridine rings is 1. The molecule has 0 unspecified atom stereocenters. The van der Waals surface area contributed by atoms with E-state index in [2.05, 4.69) is 9.98 Å². The number of amidine groups is 2. The number of aromatic nitrogens is 1. The van der Waals surface area contributed by atoms with E-state index in [0.29, 0.717) is 41.7 Å². The Balaban J connectivity index is 1.81. The molecule has 0 aliphatic carbocycles. The van der Waals surface area contributed by atoms with Crippen molar-refractivity contribution in [3.8, 4) is 11.5 Å². The van der Waals surface area contributed by atoms with Crippen molar-refractivity contribution in [3.63, 3.8) is 0 Å². The molecule has 0 bridgehead atoms. The van der Waals surface area contributed by atoms with E-state index in [0.717, 1.165) is 11.4 Å². The highest BCUT2D eigenvalue weighted by Crippen LogP contribution is 2.43. The number of benzene rings is 1. The van der Waals surface area contributed by atoms with Crippen molar-refractivity contribution in [3.05, 3.63) is 53.9 Å². The van der Waals surface area contributed by atoms with Crippen LogP contribution in [0.25, 0.3) is 5.76 Å². The van der Waals surface area contributed by atoms with Gasteiger partial charge < -0.3 is 24.2 Å². The number of ether oxygens (including phenoxy) is 3.